The molecular weight excluding hydrogens is 417 g/mol. The summed E-state index contributed by atoms with van der Waals surface area (Å²) in [6, 6.07) is 11.0. The summed E-state index contributed by atoms with van der Waals surface area (Å²) in [7, 11) is 3.45. The number of carbonyl (C=O) groups excluding carboxylic acids is 1. The van der Waals surface area contributed by atoms with Gasteiger partial charge in [0.05, 0.1) is 12.7 Å². The summed E-state index contributed by atoms with van der Waals surface area (Å²) < 4.78 is 43.9. The van der Waals surface area contributed by atoms with E-state index in [-0.39, 0.29) is 5.91 Å². The lowest BCUT2D eigenvalue weighted by Crippen LogP contribution is -2.40. The van der Waals surface area contributed by atoms with Crippen LogP contribution in [0.5, 0.6) is 5.75 Å². The van der Waals surface area contributed by atoms with Gasteiger partial charge in [-0.3, -0.25) is 4.79 Å². The molecule has 1 saturated heterocycles. The van der Waals surface area contributed by atoms with Crippen molar-refractivity contribution in [1.82, 2.24) is 9.80 Å². The smallest absolute Gasteiger partial charge is 0.416 e. The number of piperidine rings is 1. The molecule has 1 fully saturated rings. The molecule has 0 atom stereocenters. The molecule has 0 radical (unpaired) electrons. The van der Waals surface area contributed by atoms with Gasteiger partial charge in [0.15, 0.2) is 0 Å². The van der Waals surface area contributed by atoms with E-state index in [1.54, 1.807) is 24.1 Å². The lowest BCUT2D eigenvalue weighted by Gasteiger charge is -2.34. The Balaban J connectivity index is 1.45. The van der Waals surface area contributed by atoms with Crippen molar-refractivity contribution < 1.29 is 22.7 Å². The Hall–Kier alpha value is -2.54. The van der Waals surface area contributed by atoms with E-state index in [0.717, 1.165) is 49.9 Å². The molecule has 0 aliphatic carbocycles. The van der Waals surface area contributed by atoms with E-state index < -0.39 is 11.7 Å². The molecule has 4 nitrogen and oxygen atoms in total. The number of halogens is 3. The molecule has 3 rings (SSSR count). The Labute approximate surface area is 188 Å². The van der Waals surface area contributed by atoms with Crippen molar-refractivity contribution >= 4 is 5.91 Å². The highest BCUT2D eigenvalue weighted by atomic mass is 19.4. The standard InChI is InChI=1S/C25H31F3N2O2/c1-18-15-21(7-8-23(18)32-3)24(31)29(2)17-20-10-13-30(14-11-20)12-9-19-5-4-6-22(16-19)25(26,27)28/h4-8,15-16,20H,9-14,17H2,1-3H3. The minimum Gasteiger partial charge on any atom is -0.496 e. The molecule has 174 valence electrons. The van der Waals surface area contributed by atoms with Gasteiger partial charge >= 0.3 is 6.18 Å². The number of benzene rings is 2. The van der Waals surface area contributed by atoms with Crippen LogP contribution in [0.15, 0.2) is 42.5 Å². The van der Waals surface area contributed by atoms with Crippen molar-refractivity contribution in [2.45, 2.75) is 32.4 Å². The Morgan fingerprint density at radius 2 is 1.88 bits per heavy atom. The minimum atomic E-state index is -4.30. The number of rotatable bonds is 7. The molecule has 1 aliphatic rings. The van der Waals surface area contributed by atoms with Gasteiger partial charge in [-0.05, 0) is 80.6 Å². The van der Waals surface area contributed by atoms with Crippen LogP contribution >= 0.6 is 0 Å². The molecule has 2 aromatic carbocycles. The van der Waals surface area contributed by atoms with Crippen molar-refractivity contribution in [3.63, 3.8) is 0 Å². The fourth-order valence-electron chi connectivity index (χ4n) is 4.29. The summed E-state index contributed by atoms with van der Waals surface area (Å²) in [4.78, 5) is 16.9. The molecule has 32 heavy (non-hydrogen) atoms. The average molecular weight is 449 g/mol. The van der Waals surface area contributed by atoms with Crippen LogP contribution in [0.2, 0.25) is 0 Å². The maximum absolute atomic E-state index is 12.9. The van der Waals surface area contributed by atoms with Gasteiger partial charge in [-0.2, -0.15) is 13.2 Å². The minimum absolute atomic E-state index is 0.00253. The predicted molar refractivity (Wildman–Crippen MR) is 119 cm³/mol. The molecule has 1 heterocycles. The topological polar surface area (TPSA) is 32.8 Å². The van der Waals surface area contributed by atoms with Crippen LogP contribution in [0.25, 0.3) is 0 Å². The van der Waals surface area contributed by atoms with Crippen molar-refractivity contribution in [2.75, 3.05) is 40.3 Å². The number of hydrogen-bond donors (Lipinski definition) is 0. The first-order chi connectivity index (χ1) is 15.2. The van der Waals surface area contributed by atoms with Crippen LogP contribution in [-0.4, -0.2) is 56.0 Å². The highest BCUT2D eigenvalue weighted by Gasteiger charge is 2.30. The van der Waals surface area contributed by atoms with E-state index in [0.29, 0.717) is 30.0 Å². The van der Waals surface area contributed by atoms with Crippen LogP contribution in [0, 0.1) is 12.8 Å². The number of amides is 1. The van der Waals surface area contributed by atoms with Gasteiger partial charge in [0.1, 0.15) is 5.75 Å². The first-order valence-corrected chi connectivity index (χ1v) is 11.0. The highest BCUT2D eigenvalue weighted by Crippen LogP contribution is 2.30. The predicted octanol–water partition coefficient (Wildman–Crippen LogP) is 5.05. The summed E-state index contributed by atoms with van der Waals surface area (Å²) >= 11 is 0. The van der Waals surface area contributed by atoms with Gasteiger partial charge in [0, 0.05) is 25.7 Å². The normalized spacial score (nSPS) is 15.6. The summed E-state index contributed by atoms with van der Waals surface area (Å²) in [5.41, 5.74) is 1.71. The summed E-state index contributed by atoms with van der Waals surface area (Å²) in [5.74, 6) is 1.19. The molecule has 0 saturated carbocycles. The van der Waals surface area contributed by atoms with Gasteiger partial charge < -0.3 is 14.5 Å². The Kier molecular flexibility index (Phi) is 7.82. The first kappa shape index (κ1) is 24.1. The number of likely N-dealkylation sites (tertiary alicyclic amines) is 1. The second kappa shape index (κ2) is 10.4. The molecule has 0 bridgehead atoms. The first-order valence-electron chi connectivity index (χ1n) is 11.0. The van der Waals surface area contributed by atoms with Crippen molar-refractivity contribution in [1.29, 1.82) is 0 Å². The van der Waals surface area contributed by atoms with E-state index >= 15 is 0 Å². The molecule has 0 unspecified atom stereocenters. The van der Waals surface area contributed by atoms with Gasteiger partial charge in [0.25, 0.3) is 5.91 Å². The van der Waals surface area contributed by atoms with Crippen molar-refractivity contribution in [2.24, 2.45) is 5.92 Å². The molecular formula is C25H31F3N2O2. The Morgan fingerprint density at radius 3 is 2.50 bits per heavy atom. The third-order valence-corrected chi connectivity index (χ3v) is 6.20. The molecule has 0 spiro atoms. The van der Waals surface area contributed by atoms with Gasteiger partial charge in [-0.25, -0.2) is 0 Å². The number of hydrogen-bond acceptors (Lipinski definition) is 3. The largest absolute Gasteiger partial charge is 0.496 e. The van der Waals surface area contributed by atoms with Gasteiger partial charge in [0.2, 0.25) is 0 Å². The van der Waals surface area contributed by atoms with Crippen LogP contribution in [0.1, 0.15) is 39.9 Å². The second-order valence-corrected chi connectivity index (χ2v) is 8.60. The fraction of sp³-hybridized carbons (Fsp3) is 0.480. The lowest BCUT2D eigenvalue weighted by atomic mass is 9.95. The van der Waals surface area contributed by atoms with Crippen LogP contribution in [0.4, 0.5) is 13.2 Å². The number of methoxy groups -OCH3 is 1. The Bertz CT molecular complexity index is 922. The van der Waals surface area contributed by atoms with Crippen molar-refractivity contribution in [3.05, 3.63) is 64.7 Å². The van der Waals surface area contributed by atoms with E-state index in [1.807, 2.05) is 26.1 Å². The number of ether oxygens (including phenoxy) is 1. The van der Waals surface area contributed by atoms with E-state index in [9.17, 15) is 18.0 Å². The van der Waals surface area contributed by atoms with Gasteiger partial charge in [-0.15, -0.1) is 0 Å². The summed E-state index contributed by atoms with van der Waals surface area (Å²) in [6.45, 7) is 5.16. The fourth-order valence-corrected chi connectivity index (χ4v) is 4.29. The molecule has 0 aromatic heterocycles. The highest BCUT2D eigenvalue weighted by molar-refractivity contribution is 5.94. The molecule has 1 aliphatic heterocycles. The number of carbonyl (C=O) groups is 1. The molecule has 7 heteroatoms. The Morgan fingerprint density at radius 1 is 1.16 bits per heavy atom. The van der Waals surface area contributed by atoms with E-state index in [2.05, 4.69) is 4.90 Å². The third-order valence-electron chi connectivity index (χ3n) is 6.20. The molecule has 1 amide bonds. The number of alkyl halides is 3. The van der Waals surface area contributed by atoms with E-state index in [1.165, 1.54) is 12.1 Å². The maximum atomic E-state index is 12.9. The maximum Gasteiger partial charge on any atom is 0.416 e. The summed E-state index contributed by atoms with van der Waals surface area (Å²) in [5, 5.41) is 0. The number of aryl methyl sites for hydroxylation is 1. The zero-order valence-electron chi connectivity index (χ0n) is 18.9. The molecule has 0 N–H and O–H groups in total. The summed E-state index contributed by atoms with van der Waals surface area (Å²) in [6.07, 6.45) is -1.75. The average Bonchev–Trinajstić information content (AvgIpc) is 2.77. The third kappa shape index (κ3) is 6.25. The van der Waals surface area contributed by atoms with Crippen LogP contribution in [0.3, 0.4) is 0 Å². The zero-order chi connectivity index (χ0) is 23.3. The monoisotopic (exact) mass is 448 g/mol. The van der Waals surface area contributed by atoms with E-state index in [4.69, 9.17) is 4.74 Å². The van der Waals surface area contributed by atoms with Gasteiger partial charge in [-0.1, -0.05) is 18.2 Å². The quantitative estimate of drug-likeness (QED) is 0.594. The SMILES string of the molecule is COc1ccc(C(=O)N(C)CC2CCN(CCc3cccc(C(F)(F)F)c3)CC2)cc1C. The van der Waals surface area contributed by atoms with Crippen molar-refractivity contribution in [3.8, 4) is 5.75 Å². The molecule has 2 aromatic rings. The second-order valence-electron chi connectivity index (χ2n) is 8.60. The zero-order valence-corrected chi connectivity index (χ0v) is 18.9. The van der Waals surface area contributed by atoms with Crippen LogP contribution in [-0.2, 0) is 12.6 Å². The lowest BCUT2D eigenvalue weighted by molar-refractivity contribution is -0.137. The number of nitrogens with zero attached hydrogens (tertiary/aromatic N) is 2. The van der Waals surface area contributed by atoms with Crippen LogP contribution < -0.4 is 4.74 Å².